The SMILES string of the molecule is CCCCCOc1c(OC)cc(C=O)cc1Oc1ccc(C(C)(C)C)cc1. The second kappa shape index (κ2) is 9.45. The summed E-state index contributed by atoms with van der Waals surface area (Å²) < 4.78 is 17.4. The Hall–Kier alpha value is -2.49. The number of benzene rings is 2. The predicted octanol–water partition coefficient (Wildman–Crippen LogP) is 6.17. The lowest BCUT2D eigenvalue weighted by atomic mass is 9.87. The predicted molar refractivity (Wildman–Crippen MR) is 109 cm³/mol. The quantitative estimate of drug-likeness (QED) is 0.391. The van der Waals surface area contributed by atoms with Gasteiger partial charge < -0.3 is 14.2 Å². The zero-order chi connectivity index (χ0) is 19.9. The maximum atomic E-state index is 11.3. The van der Waals surface area contributed by atoms with E-state index >= 15 is 0 Å². The zero-order valence-electron chi connectivity index (χ0n) is 17.0. The molecule has 2 aromatic rings. The molecular formula is C23H30O4. The molecule has 0 unspecified atom stereocenters. The van der Waals surface area contributed by atoms with Crippen molar-refractivity contribution in [1.29, 1.82) is 0 Å². The summed E-state index contributed by atoms with van der Waals surface area (Å²) in [5.41, 5.74) is 1.78. The Kier molecular flexibility index (Phi) is 7.28. The summed E-state index contributed by atoms with van der Waals surface area (Å²) in [6.45, 7) is 9.23. The minimum Gasteiger partial charge on any atom is -0.493 e. The molecule has 0 aliphatic heterocycles. The smallest absolute Gasteiger partial charge is 0.204 e. The number of aldehydes is 1. The van der Waals surface area contributed by atoms with Crippen LogP contribution in [0.4, 0.5) is 0 Å². The molecule has 0 fully saturated rings. The van der Waals surface area contributed by atoms with Gasteiger partial charge in [0.1, 0.15) is 12.0 Å². The Bertz CT molecular complexity index is 742. The zero-order valence-corrected chi connectivity index (χ0v) is 17.0. The fraction of sp³-hybridized carbons (Fsp3) is 0.435. The van der Waals surface area contributed by atoms with Crippen molar-refractivity contribution in [3.05, 3.63) is 47.5 Å². The fourth-order valence-electron chi connectivity index (χ4n) is 2.71. The normalized spacial score (nSPS) is 11.1. The van der Waals surface area contributed by atoms with Gasteiger partial charge >= 0.3 is 0 Å². The van der Waals surface area contributed by atoms with Crippen LogP contribution >= 0.6 is 0 Å². The maximum Gasteiger partial charge on any atom is 0.204 e. The highest BCUT2D eigenvalue weighted by Crippen LogP contribution is 2.41. The van der Waals surface area contributed by atoms with E-state index in [1.54, 1.807) is 19.2 Å². The van der Waals surface area contributed by atoms with Crippen LogP contribution in [-0.4, -0.2) is 20.0 Å². The van der Waals surface area contributed by atoms with E-state index in [4.69, 9.17) is 14.2 Å². The Morgan fingerprint density at radius 3 is 2.22 bits per heavy atom. The van der Waals surface area contributed by atoms with E-state index in [9.17, 15) is 4.79 Å². The van der Waals surface area contributed by atoms with Crippen LogP contribution in [-0.2, 0) is 5.41 Å². The average Bonchev–Trinajstić information content (AvgIpc) is 2.65. The van der Waals surface area contributed by atoms with Crippen molar-refractivity contribution in [3.8, 4) is 23.0 Å². The van der Waals surface area contributed by atoms with Crippen molar-refractivity contribution >= 4 is 6.29 Å². The van der Waals surface area contributed by atoms with Crippen molar-refractivity contribution in [3.63, 3.8) is 0 Å². The molecule has 146 valence electrons. The van der Waals surface area contributed by atoms with Gasteiger partial charge in [-0.3, -0.25) is 4.79 Å². The fourth-order valence-corrected chi connectivity index (χ4v) is 2.71. The lowest BCUT2D eigenvalue weighted by molar-refractivity contribution is 0.112. The molecule has 0 saturated heterocycles. The molecule has 0 saturated carbocycles. The van der Waals surface area contributed by atoms with Crippen LogP contribution in [0.2, 0.25) is 0 Å². The van der Waals surface area contributed by atoms with Gasteiger partial charge in [-0.1, -0.05) is 52.7 Å². The average molecular weight is 370 g/mol. The Morgan fingerprint density at radius 2 is 1.67 bits per heavy atom. The maximum absolute atomic E-state index is 11.3. The molecule has 0 radical (unpaired) electrons. The minimum atomic E-state index is 0.0761. The molecule has 0 atom stereocenters. The lowest BCUT2D eigenvalue weighted by Crippen LogP contribution is -2.10. The molecule has 0 aromatic heterocycles. The number of rotatable bonds is 9. The molecular weight excluding hydrogens is 340 g/mol. The Morgan fingerprint density at radius 1 is 1.00 bits per heavy atom. The first-order valence-electron chi connectivity index (χ1n) is 9.47. The van der Waals surface area contributed by atoms with Gasteiger partial charge in [-0.25, -0.2) is 0 Å². The molecule has 0 bridgehead atoms. The third-order valence-corrected chi connectivity index (χ3v) is 4.34. The van der Waals surface area contributed by atoms with E-state index in [2.05, 4.69) is 39.8 Å². The highest BCUT2D eigenvalue weighted by Gasteiger charge is 2.17. The van der Waals surface area contributed by atoms with Crippen LogP contribution in [0.5, 0.6) is 23.0 Å². The van der Waals surface area contributed by atoms with Crippen LogP contribution in [0.15, 0.2) is 36.4 Å². The van der Waals surface area contributed by atoms with Crippen molar-refractivity contribution in [1.82, 2.24) is 0 Å². The largest absolute Gasteiger partial charge is 0.493 e. The lowest BCUT2D eigenvalue weighted by Gasteiger charge is -2.20. The molecule has 2 rings (SSSR count). The van der Waals surface area contributed by atoms with Gasteiger partial charge in [0.25, 0.3) is 0 Å². The van der Waals surface area contributed by atoms with Crippen molar-refractivity contribution in [2.24, 2.45) is 0 Å². The number of ether oxygens (including phenoxy) is 3. The first-order chi connectivity index (χ1) is 12.9. The summed E-state index contributed by atoms with van der Waals surface area (Å²) in [6.07, 6.45) is 3.95. The van der Waals surface area contributed by atoms with E-state index in [1.165, 1.54) is 5.56 Å². The highest BCUT2D eigenvalue weighted by molar-refractivity contribution is 5.78. The molecule has 0 heterocycles. The summed E-state index contributed by atoms with van der Waals surface area (Å²) in [4.78, 5) is 11.3. The van der Waals surface area contributed by atoms with Crippen molar-refractivity contribution in [2.45, 2.75) is 52.4 Å². The van der Waals surface area contributed by atoms with Gasteiger partial charge in [0.15, 0.2) is 11.5 Å². The molecule has 0 aliphatic carbocycles. The number of unbranched alkanes of at least 4 members (excludes halogenated alkanes) is 2. The van der Waals surface area contributed by atoms with E-state index in [1.807, 2.05) is 12.1 Å². The van der Waals surface area contributed by atoms with E-state index in [0.717, 1.165) is 25.5 Å². The molecule has 0 aliphatic rings. The van der Waals surface area contributed by atoms with Crippen LogP contribution in [0.1, 0.15) is 62.9 Å². The van der Waals surface area contributed by atoms with Crippen LogP contribution in [0.25, 0.3) is 0 Å². The second-order valence-electron chi connectivity index (χ2n) is 7.60. The highest BCUT2D eigenvalue weighted by atomic mass is 16.5. The van der Waals surface area contributed by atoms with Crippen LogP contribution in [0, 0.1) is 0 Å². The van der Waals surface area contributed by atoms with Crippen LogP contribution < -0.4 is 14.2 Å². The molecule has 27 heavy (non-hydrogen) atoms. The number of carbonyl (C=O) groups is 1. The molecule has 0 spiro atoms. The van der Waals surface area contributed by atoms with E-state index < -0.39 is 0 Å². The number of carbonyl (C=O) groups excluding carboxylic acids is 1. The monoisotopic (exact) mass is 370 g/mol. The van der Waals surface area contributed by atoms with Gasteiger partial charge in [0.05, 0.1) is 13.7 Å². The summed E-state index contributed by atoms with van der Waals surface area (Å²) in [7, 11) is 1.56. The summed E-state index contributed by atoms with van der Waals surface area (Å²) >= 11 is 0. The number of methoxy groups -OCH3 is 1. The second-order valence-corrected chi connectivity index (χ2v) is 7.60. The number of hydrogen-bond acceptors (Lipinski definition) is 4. The molecule has 0 amide bonds. The van der Waals surface area contributed by atoms with Gasteiger partial charge in [0, 0.05) is 5.56 Å². The van der Waals surface area contributed by atoms with Gasteiger partial charge in [-0.05, 0) is 41.7 Å². The minimum absolute atomic E-state index is 0.0761. The summed E-state index contributed by atoms with van der Waals surface area (Å²) in [5.74, 6) is 2.19. The molecule has 0 N–H and O–H groups in total. The topological polar surface area (TPSA) is 44.8 Å². The Labute approximate surface area is 162 Å². The van der Waals surface area contributed by atoms with E-state index in [-0.39, 0.29) is 5.41 Å². The van der Waals surface area contributed by atoms with Crippen molar-refractivity contribution in [2.75, 3.05) is 13.7 Å². The number of hydrogen-bond donors (Lipinski definition) is 0. The van der Waals surface area contributed by atoms with Crippen molar-refractivity contribution < 1.29 is 19.0 Å². The standard InChI is InChI=1S/C23H30O4/c1-6-7-8-13-26-22-20(25-5)14-17(16-24)15-21(22)27-19-11-9-18(10-12-19)23(2,3)4/h9-12,14-16H,6-8,13H2,1-5H3. The van der Waals surface area contributed by atoms with Gasteiger partial charge in [-0.15, -0.1) is 0 Å². The third-order valence-electron chi connectivity index (χ3n) is 4.34. The van der Waals surface area contributed by atoms with E-state index in [0.29, 0.717) is 35.2 Å². The van der Waals surface area contributed by atoms with Gasteiger partial charge in [-0.2, -0.15) is 0 Å². The molecule has 2 aromatic carbocycles. The molecule has 4 heteroatoms. The first-order valence-corrected chi connectivity index (χ1v) is 9.47. The van der Waals surface area contributed by atoms with Gasteiger partial charge in [0.2, 0.25) is 5.75 Å². The summed E-state index contributed by atoms with van der Waals surface area (Å²) in [6, 6.07) is 11.3. The first kappa shape index (κ1) is 20.8. The van der Waals surface area contributed by atoms with Crippen LogP contribution in [0.3, 0.4) is 0 Å². The summed E-state index contributed by atoms with van der Waals surface area (Å²) in [5, 5.41) is 0. The third kappa shape index (κ3) is 5.75. The molecule has 4 nitrogen and oxygen atoms in total. The Balaban J connectivity index is 2.30.